The zero-order chi connectivity index (χ0) is 22.4. The highest BCUT2D eigenvalue weighted by atomic mass is 16.6. The van der Waals surface area contributed by atoms with E-state index in [1.165, 1.54) is 0 Å². The lowest BCUT2D eigenvalue weighted by Gasteiger charge is -2.17. The highest BCUT2D eigenvalue weighted by Gasteiger charge is 2.30. The van der Waals surface area contributed by atoms with Crippen LogP contribution in [-0.4, -0.2) is 59.9 Å². The average Bonchev–Trinajstić information content (AvgIpc) is 3.51. The zero-order valence-corrected chi connectivity index (χ0v) is 17.4. The van der Waals surface area contributed by atoms with Crippen molar-refractivity contribution in [3.8, 4) is 28.5 Å². The van der Waals surface area contributed by atoms with Gasteiger partial charge in [-0.25, -0.2) is 9.61 Å². The molecule has 5 N–H and O–H groups in total. The van der Waals surface area contributed by atoms with E-state index >= 15 is 0 Å². The number of rotatable bonds is 4. The van der Waals surface area contributed by atoms with Gasteiger partial charge in [0, 0.05) is 37.4 Å². The number of hydrogen-bond acceptors (Lipinski definition) is 9. The van der Waals surface area contributed by atoms with Crippen molar-refractivity contribution in [2.45, 2.75) is 25.9 Å². The number of carbonyl (C=O) groups is 1. The summed E-state index contributed by atoms with van der Waals surface area (Å²) in [4.78, 5) is 24.5. The number of nitrogens with zero attached hydrogens (tertiary/aromatic N) is 6. The number of imidazole rings is 1. The summed E-state index contributed by atoms with van der Waals surface area (Å²) in [5.74, 6) is 0.525. The van der Waals surface area contributed by atoms with Gasteiger partial charge in [-0.2, -0.15) is 0 Å². The standard InChI is InChI=1S/C21H22N8O3/c1-2-29-18-14(21(31)28-8-7-12(22)10-28)9-24-15(11-3-5-13(30)6-4-11)16(18)25-20(29)17-19(23)27-32-26-17/h3-6,9,12,30H,2,7-8,10,22H2,1H3,(H2,23,27). The van der Waals surface area contributed by atoms with E-state index in [4.69, 9.17) is 21.1 Å². The zero-order valence-electron chi connectivity index (χ0n) is 17.4. The highest BCUT2D eigenvalue weighted by Crippen LogP contribution is 2.34. The van der Waals surface area contributed by atoms with Crippen molar-refractivity contribution in [1.29, 1.82) is 0 Å². The van der Waals surface area contributed by atoms with Crippen LogP contribution in [0.15, 0.2) is 35.1 Å². The van der Waals surface area contributed by atoms with E-state index in [1.54, 1.807) is 35.4 Å². The fourth-order valence-corrected chi connectivity index (χ4v) is 4.11. The lowest BCUT2D eigenvalue weighted by molar-refractivity contribution is 0.0792. The monoisotopic (exact) mass is 434 g/mol. The topological polar surface area (TPSA) is 162 Å². The molecule has 1 atom stereocenters. The molecule has 0 bridgehead atoms. The lowest BCUT2D eigenvalue weighted by atomic mass is 10.1. The van der Waals surface area contributed by atoms with Crippen LogP contribution in [0, 0.1) is 0 Å². The van der Waals surface area contributed by atoms with Crippen LogP contribution in [-0.2, 0) is 6.54 Å². The third-order valence-corrected chi connectivity index (χ3v) is 5.69. The van der Waals surface area contributed by atoms with Crippen molar-refractivity contribution < 1.29 is 14.5 Å². The Balaban J connectivity index is 1.77. The van der Waals surface area contributed by atoms with Crippen molar-refractivity contribution >= 4 is 22.8 Å². The third kappa shape index (κ3) is 3.14. The SMILES string of the molecule is CCn1c(-c2nonc2N)nc2c(-c3ccc(O)cc3)ncc(C(=O)N3CCC(N)C3)c21. The van der Waals surface area contributed by atoms with Crippen LogP contribution in [0.25, 0.3) is 33.8 Å². The number of nitrogen functional groups attached to an aromatic ring is 1. The molecule has 1 amide bonds. The first-order valence-electron chi connectivity index (χ1n) is 10.3. The van der Waals surface area contributed by atoms with Crippen molar-refractivity contribution in [3.05, 3.63) is 36.0 Å². The van der Waals surface area contributed by atoms with Crippen molar-refractivity contribution in [3.63, 3.8) is 0 Å². The first-order chi connectivity index (χ1) is 15.5. The molecule has 4 heterocycles. The minimum Gasteiger partial charge on any atom is -0.508 e. The number of aromatic nitrogens is 5. The summed E-state index contributed by atoms with van der Waals surface area (Å²) >= 11 is 0. The number of amides is 1. The normalized spacial score (nSPS) is 16.2. The molecule has 32 heavy (non-hydrogen) atoms. The van der Waals surface area contributed by atoms with E-state index in [-0.39, 0.29) is 23.5 Å². The van der Waals surface area contributed by atoms with E-state index in [0.717, 1.165) is 12.0 Å². The lowest BCUT2D eigenvalue weighted by Crippen LogP contribution is -2.32. The van der Waals surface area contributed by atoms with Crippen LogP contribution in [0.3, 0.4) is 0 Å². The number of nitrogens with two attached hydrogens (primary N) is 2. The molecule has 1 aromatic carbocycles. The van der Waals surface area contributed by atoms with Crippen molar-refractivity contribution in [1.82, 2.24) is 29.7 Å². The molecular formula is C21H22N8O3. The average molecular weight is 434 g/mol. The number of hydrogen-bond donors (Lipinski definition) is 3. The Hall–Kier alpha value is -3.99. The molecule has 11 nitrogen and oxygen atoms in total. The quantitative estimate of drug-likeness (QED) is 0.433. The Morgan fingerprint density at radius 1 is 1.25 bits per heavy atom. The van der Waals surface area contributed by atoms with Crippen LogP contribution >= 0.6 is 0 Å². The Morgan fingerprint density at radius 3 is 2.66 bits per heavy atom. The van der Waals surface area contributed by atoms with Crippen molar-refractivity contribution in [2.24, 2.45) is 5.73 Å². The number of aryl methyl sites for hydroxylation is 1. The van der Waals surface area contributed by atoms with Gasteiger partial charge in [0.1, 0.15) is 11.3 Å². The van der Waals surface area contributed by atoms with Gasteiger partial charge in [0.25, 0.3) is 5.91 Å². The molecule has 11 heteroatoms. The minimum atomic E-state index is -0.153. The van der Waals surface area contributed by atoms with Gasteiger partial charge in [0.15, 0.2) is 17.3 Å². The van der Waals surface area contributed by atoms with Gasteiger partial charge in [-0.15, -0.1) is 0 Å². The molecule has 0 saturated carbocycles. The number of likely N-dealkylation sites (tertiary alicyclic amines) is 1. The predicted molar refractivity (Wildman–Crippen MR) is 117 cm³/mol. The van der Waals surface area contributed by atoms with Crippen LogP contribution in [0.2, 0.25) is 0 Å². The number of phenols is 1. The van der Waals surface area contributed by atoms with Gasteiger partial charge in [0.05, 0.1) is 16.8 Å². The molecule has 1 aliphatic heterocycles. The molecule has 3 aromatic heterocycles. The molecular weight excluding hydrogens is 412 g/mol. The first kappa shape index (κ1) is 19.9. The maximum atomic E-state index is 13.4. The summed E-state index contributed by atoms with van der Waals surface area (Å²) in [5.41, 5.74) is 15.1. The van der Waals surface area contributed by atoms with Gasteiger partial charge in [-0.1, -0.05) is 0 Å². The molecule has 0 aliphatic carbocycles. The summed E-state index contributed by atoms with van der Waals surface area (Å²) in [6.45, 7) is 3.52. The van der Waals surface area contributed by atoms with Gasteiger partial charge >= 0.3 is 0 Å². The van der Waals surface area contributed by atoms with E-state index in [9.17, 15) is 9.90 Å². The van der Waals surface area contributed by atoms with Crippen molar-refractivity contribution in [2.75, 3.05) is 18.8 Å². The summed E-state index contributed by atoms with van der Waals surface area (Å²) in [7, 11) is 0. The van der Waals surface area contributed by atoms with Crippen LogP contribution in [0.5, 0.6) is 5.75 Å². The fraction of sp³-hybridized carbons (Fsp3) is 0.286. The molecule has 5 rings (SSSR count). The Kier molecular flexibility index (Phi) is 4.74. The van der Waals surface area contributed by atoms with E-state index in [0.29, 0.717) is 53.4 Å². The largest absolute Gasteiger partial charge is 0.508 e. The maximum absolute atomic E-state index is 13.4. The number of benzene rings is 1. The molecule has 4 aromatic rings. The summed E-state index contributed by atoms with van der Waals surface area (Å²) < 4.78 is 6.64. The molecule has 1 unspecified atom stereocenters. The summed E-state index contributed by atoms with van der Waals surface area (Å²) in [6, 6.07) is 6.60. The summed E-state index contributed by atoms with van der Waals surface area (Å²) in [6.07, 6.45) is 2.33. The smallest absolute Gasteiger partial charge is 0.257 e. The number of anilines is 1. The van der Waals surface area contributed by atoms with E-state index in [1.807, 2.05) is 11.5 Å². The molecule has 1 aliphatic rings. The number of aromatic hydroxyl groups is 1. The van der Waals surface area contributed by atoms with Crippen LogP contribution < -0.4 is 11.5 Å². The van der Waals surface area contributed by atoms with Gasteiger partial charge in [0.2, 0.25) is 0 Å². The Morgan fingerprint density at radius 2 is 2.03 bits per heavy atom. The minimum absolute atomic E-state index is 0.0358. The molecule has 0 spiro atoms. The fourth-order valence-electron chi connectivity index (χ4n) is 4.11. The Bertz CT molecular complexity index is 1310. The number of pyridine rings is 1. The van der Waals surface area contributed by atoms with E-state index < -0.39 is 0 Å². The van der Waals surface area contributed by atoms with Crippen LogP contribution in [0.1, 0.15) is 23.7 Å². The molecule has 1 fully saturated rings. The third-order valence-electron chi connectivity index (χ3n) is 5.69. The first-order valence-corrected chi connectivity index (χ1v) is 10.3. The second-order valence-electron chi connectivity index (χ2n) is 7.74. The van der Waals surface area contributed by atoms with Crippen LogP contribution in [0.4, 0.5) is 5.82 Å². The van der Waals surface area contributed by atoms with Gasteiger partial charge in [-0.05, 0) is 47.9 Å². The molecule has 0 radical (unpaired) electrons. The summed E-state index contributed by atoms with van der Waals surface area (Å²) in [5, 5.41) is 17.2. The number of fused-ring (bicyclic) bond motifs is 1. The second kappa shape index (κ2) is 7.61. The second-order valence-corrected chi connectivity index (χ2v) is 7.74. The maximum Gasteiger partial charge on any atom is 0.257 e. The highest BCUT2D eigenvalue weighted by molar-refractivity contribution is 6.08. The molecule has 164 valence electrons. The Labute approximate surface area is 182 Å². The van der Waals surface area contributed by atoms with Gasteiger partial charge in [-0.3, -0.25) is 9.78 Å². The number of carbonyl (C=O) groups excluding carboxylic acids is 1. The number of phenolic OH excluding ortho intramolecular Hbond substituents is 1. The van der Waals surface area contributed by atoms with Gasteiger partial charge < -0.3 is 26.0 Å². The predicted octanol–water partition coefficient (Wildman–Crippen LogP) is 1.63. The molecule has 1 saturated heterocycles. The van der Waals surface area contributed by atoms with E-state index in [2.05, 4.69) is 15.3 Å².